The molecule has 0 unspecified atom stereocenters. The molecule has 0 saturated carbocycles. The van der Waals surface area contributed by atoms with Gasteiger partial charge in [0.2, 0.25) is 5.95 Å². The van der Waals surface area contributed by atoms with E-state index in [2.05, 4.69) is 27.5 Å². The molecule has 7 heteroatoms. The van der Waals surface area contributed by atoms with Gasteiger partial charge in [-0.15, -0.1) is 0 Å². The van der Waals surface area contributed by atoms with E-state index in [1.807, 2.05) is 6.26 Å². The first kappa shape index (κ1) is 16.7. The molecule has 0 aliphatic heterocycles. The molecule has 112 valence electrons. The van der Waals surface area contributed by atoms with E-state index in [-0.39, 0.29) is 0 Å². The zero-order valence-electron chi connectivity index (χ0n) is 11.9. The van der Waals surface area contributed by atoms with E-state index in [1.165, 1.54) is 0 Å². The third-order valence-electron chi connectivity index (χ3n) is 2.70. The highest BCUT2D eigenvalue weighted by Crippen LogP contribution is 2.04. The van der Waals surface area contributed by atoms with Crippen molar-refractivity contribution in [3.05, 3.63) is 18.0 Å². The molecular weight excluding hydrogens is 276 g/mol. The molecular formula is C13H22N4O2S. The summed E-state index contributed by atoms with van der Waals surface area (Å²) in [5, 5.41) is 15.2. The van der Waals surface area contributed by atoms with E-state index >= 15 is 0 Å². The van der Waals surface area contributed by atoms with Crippen LogP contribution in [0.3, 0.4) is 0 Å². The summed E-state index contributed by atoms with van der Waals surface area (Å²) in [6.45, 7) is 3.37. The molecule has 3 N–H and O–H groups in total. The molecule has 6 nitrogen and oxygen atoms in total. The fraction of sp³-hybridized carbons (Fsp3) is 0.615. The molecule has 0 amide bonds. The Balaban J connectivity index is 2.44. The van der Waals surface area contributed by atoms with Crippen molar-refractivity contribution >= 4 is 23.7 Å². The summed E-state index contributed by atoms with van der Waals surface area (Å²) in [6, 6.07) is -0.527. The lowest BCUT2D eigenvalue weighted by molar-refractivity contribution is -0.139. The molecule has 0 bridgehead atoms. The summed E-state index contributed by atoms with van der Waals surface area (Å²) < 4.78 is 0. The molecule has 0 aliphatic rings. The van der Waals surface area contributed by atoms with Gasteiger partial charge in [-0.25, -0.2) is 9.97 Å². The highest BCUT2D eigenvalue weighted by molar-refractivity contribution is 7.98. The lowest BCUT2D eigenvalue weighted by atomic mass is 10.2. The van der Waals surface area contributed by atoms with E-state index in [9.17, 15) is 4.79 Å². The molecule has 0 spiro atoms. The lowest BCUT2D eigenvalue weighted by Crippen LogP contribution is -2.36. The van der Waals surface area contributed by atoms with Gasteiger partial charge in [-0.1, -0.05) is 6.92 Å². The van der Waals surface area contributed by atoms with E-state index in [0.717, 1.165) is 24.3 Å². The maximum absolute atomic E-state index is 11.1. The summed E-state index contributed by atoms with van der Waals surface area (Å²) >= 11 is 1.64. The zero-order chi connectivity index (χ0) is 14.8. The van der Waals surface area contributed by atoms with Gasteiger partial charge in [0.25, 0.3) is 0 Å². The van der Waals surface area contributed by atoms with Crippen LogP contribution in [0, 0.1) is 0 Å². The van der Waals surface area contributed by atoms with Crippen molar-refractivity contribution in [1.29, 1.82) is 0 Å². The SMILES string of the molecule is CCCNc1ncc(CN[C@@H](CCSC)C(=O)O)cn1. The molecule has 1 heterocycles. The topological polar surface area (TPSA) is 87.1 Å². The molecule has 0 radical (unpaired) electrons. The van der Waals surface area contributed by atoms with Crippen LogP contribution >= 0.6 is 11.8 Å². The highest BCUT2D eigenvalue weighted by Gasteiger charge is 2.15. The molecule has 1 aromatic rings. The van der Waals surface area contributed by atoms with Crippen molar-refractivity contribution in [2.75, 3.05) is 23.9 Å². The van der Waals surface area contributed by atoms with Crippen LogP contribution in [0.2, 0.25) is 0 Å². The van der Waals surface area contributed by atoms with Crippen molar-refractivity contribution in [2.45, 2.75) is 32.4 Å². The van der Waals surface area contributed by atoms with Crippen molar-refractivity contribution < 1.29 is 9.90 Å². The molecule has 0 aromatic carbocycles. The summed E-state index contributed by atoms with van der Waals surface area (Å²) in [7, 11) is 0. The van der Waals surface area contributed by atoms with Crippen molar-refractivity contribution in [2.24, 2.45) is 0 Å². The maximum Gasteiger partial charge on any atom is 0.320 e. The van der Waals surface area contributed by atoms with E-state index < -0.39 is 12.0 Å². The number of rotatable bonds is 10. The van der Waals surface area contributed by atoms with Crippen LogP contribution in [0.5, 0.6) is 0 Å². The van der Waals surface area contributed by atoms with Gasteiger partial charge in [0.15, 0.2) is 0 Å². The summed E-state index contributed by atoms with van der Waals surface area (Å²) in [5.74, 6) is 0.606. The molecule has 20 heavy (non-hydrogen) atoms. The standard InChI is InChI=1S/C13H22N4O2S/c1-3-5-14-13-16-8-10(9-17-13)7-15-11(12(18)19)4-6-20-2/h8-9,11,15H,3-7H2,1-2H3,(H,18,19)(H,14,16,17)/t11-/m0/s1. The Bertz CT molecular complexity index is 400. The van der Waals surface area contributed by atoms with E-state index in [4.69, 9.17) is 5.11 Å². The Labute approximate surface area is 123 Å². The van der Waals surface area contributed by atoms with E-state index in [1.54, 1.807) is 24.2 Å². The first-order valence-corrected chi connectivity index (χ1v) is 8.06. The molecule has 1 atom stereocenters. The van der Waals surface area contributed by atoms with Gasteiger partial charge in [0.05, 0.1) is 0 Å². The largest absolute Gasteiger partial charge is 0.480 e. The molecule has 0 aliphatic carbocycles. The average Bonchev–Trinajstić information content (AvgIpc) is 2.46. The number of carboxylic acids is 1. The number of thioether (sulfide) groups is 1. The minimum Gasteiger partial charge on any atom is -0.480 e. The quantitative estimate of drug-likeness (QED) is 0.604. The normalized spacial score (nSPS) is 12.1. The second-order valence-corrected chi connectivity index (χ2v) is 5.38. The Morgan fingerprint density at radius 2 is 2.15 bits per heavy atom. The number of aromatic nitrogens is 2. The van der Waals surface area contributed by atoms with Gasteiger partial charge in [-0.3, -0.25) is 4.79 Å². The number of carboxylic acid groups (broad SMARTS) is 1. The number of aliphatic carboxylic acids is 1. The number of carbonyl (C=O) groups is 1. The molecule has 1 aromatic heterocycles. The second kappa shape index (κ2) is 9.55. The number of nitrogens with one attached hydrogen (secondary N) is 2. The number of hydrogen-bond acceptors (Lipinski definition) is 6. The monoisotopic (exact) mass is 298 g/mol. The first-order valence-electron chi connectivity index (χ1n) is 6.67. The number of nitrogens with zero attached hydrogens (tertiary/aromatic N) is 2. The fourth-order valence-corrected chi connectivity index (χ4v) is 2.04. The van der Waals surface area contributed by atoms with Gasteiger partial charge in [-0.2, -0.15) is 11.8 Å². The Morgan fingerprint density at radius 3 is 2.70 bits per heavy atom. The van der Waals surface area contributed by atoms with Crippen LogP contribution in [0.25, 0.3) is 0 Å². The van der Waals surface area contributed by atoms with Crippen LogP contribution in [0.1, 0.15) is 25.3 Å². The van der Waals surface area contributed by atoms with Crippen LogP contribution in [-0.4, -0.2) is 45.6 Å². The minimum atomic E-state index is -0.818. The van der Waals surface area contributed by atoms with Crippen molar-refractivity contribution in [3.63, 3.8) is 0 Å². The predicted molar refractivity (Wildman–Crippen MR) is 82.1 cm³/mol. The van der Waals surface area contributed by atoms with Gasteiger partial charge in [0.1, 0.15) is 6.04 Å². The zero-order valence-corrected chi connectivity index (χ0v) is 12.7. The number of hydrogen-bond donors (Lipinski definition) is 3. The molecule has 0 saturated heterocycles. The highest BCUT2D eigenvalue weighted by atomic mass is 32.2. The predicted octanol–water partition coefficient (Wildman–Crippen LogP) is 1.59. The van der Waals surface area contributed by atoms with Gasteiger partial charge in [0, 0.05) is 31.0 Å². The van der Waals surface area contributed by atoms with Crippen LogP contribution < -0.4 is 10.6 Å². The Hall–Kier alpha value is -1.34. The average molecular weight is 298 g/mol. The van der Waals surface area contributed by atoms with E-state index in [0.29, 0.717) is 18.9 Å². The fourth-order valence-electron chi connectivity index (χ4n) is 1.56. The smallest absolute Gasteiger partial charge is 0.320 e. The van der Waals surface area contributed by atoms with Crippen molar-refractivity contribution in [3.8, 4) is 0 Å². The molecule has 0 fully saturated rings. The summed E-state index contributed by atoms with van der Waals surface area (Å²) in [5.41, 5.74) is 0.877. The first-order chi connectivity index (χ1) is 9.67. The Kier molecular flexibility index (Phi) is 7.98. The van der Waals surface area contributed by atoms with Crippen LogP contribution in [-0.2, 0) is 11.3 Å². The van der Waals surface area contributed by atoms with Crippen molar-refractivity contribution in [1.82, 2.24) is 15.3 Å². The number of anilines is 1. The van der Waals surface area contributed by atoms with Gasteiger partial charge < -0.3 is 15.7 Å². The Morgan fingerprint density at radius 1 is 1.45 bits per heavy atom. The summed E-state index contributed by atoms with van der Waals surface area (Å²) in [6.07, 6.45) is 7.02. The lowest BCUT2D eigenvalue weighted by Gasteiger charge is -2.13. The molecule has 1 rings (SSSR count). The third kappa shape index (κ3) is 6.21. The maximum atomic E-state index is 11.1. The van der Waals surface area contributed by atoms with Gasteiger partial charge >= 0.3 is 5.97 Å². The third-order valence-corrected chi connectivity index (χ3v) is 3.34. The van der Waals surface area contributed by atoms with Gasteiger partial charge in [-0.05, 0) is 24.9 Å². The summed E-state index contributed by atoms with van der Waals surface area (Å²) in [4.78, 5) is 19.5. The second-order valence-electron chi connectivity index (χ2n) is 4.39. The van der Waals surface area contributed by atoms with Crippen LogP contribution in [0.4, 0.5) is 5.95 Å². The van der Waals surface area contributed by atoms with Crippen LogP contribution in [0.15, 0.2) is 12.4 Å². The minimum absolute atomic E-state index is 0.458.